The first-order chi connectivity index (χ1) is 14.2. The van der Waals surface area contributed by atoms with Crippen molar-refractivity contribution in [3.05, 3.63) is 47.3 Å². The first kappa shape index (κ1) is 22.0. The first-order valence-corrected chi connectivity index (χ1v) is 11.6. The number of benzene rings is 1. The predicted molar refractivity (Wildman–Crippen MR) is 115 cm³/mol. The summed E-state index contributed by atoms with van der Waals surface area (Å²) in [6.07, 6.45) is 18.8. The fraction of sp³-hybridized carbons (Fsp3) is 0.654. The van der Waals surface area contributed by atoms with Crippen molar-refractivity contribution >= 4 is 0 Å². The van der Waals surface area contributed by atoms with Gasteiger partial charge in [-0.05, 0) is 106 Å². The molecule has 0 bridgehead atoms. The molecule has 2 saturated carbocycles. The summed E-state index contributed by atoms with van der Waals surface area (Å²) in [5, 5.41) is 8.89. The van der Waals surface area contributed by atoms with E-state index in [1.165, 1.54) is 51.4 Å². The van der Waals surface area contributed by atoms with Crippen LogP contribution in [0.2, 0.25) is 0 Å². The van der Waals surface area contributed by atoms with E-state index in [-0.39, 0.29) is 18.1 Å². The van der Waals surface area contributed by atoms with E-state index in [1.54, 1.807) is 12.1 Å². The second kappa shape index (κ2) is 11.5. The molecule has 0 unspecified atom stereocenters. The summed E-state index contributed by atoms with van der Waals surface area (Å²) in [5.74, 6) is 2.51. The standard InChI is InChI=1S/C26H35F2N/c27-17-3-1-2-4-20-5-7-21(8-6-20)9-10-22-11-13-23(14-12-22)24-15-16-25(19-29)26(28)18-24/h2,4,15-16,18,20-23H,1,3,5-14,17H2/b4-2+/t20-,21-,22?,23?. The molecule has 0 radical (unpaired) electrons. The highest BCUT2D eigenvalue weighted by atomic mass is 19.1. The second-order valence-corrected chi connectivity index (χ2v) is 9.19. The van der Waals surface area contributed by atoms with Crippen LogP contribution in [0.25, 0.3) is 0 Å². The van der Waals surface area contributed by atoms with Crippen molar-refractivity contribution in [1.82, 2.24) is 0 Å². The molecule has 3 heteroatoms. The van der Waals surface area contributed by atoms with Gasteiger partial charge in [-0.2, -0.15) is 5.26 Å². The molecule has 0 amide bonds. The van der Waals surface area contributed by atoms with Crippen LogP contribution in [0.4, 0.5) is 8.78 Å². The maximum absolute atomic E-state index is 13.9. The fourth-order valence-electron chi connectivity index (χ4n) is 5.28. The number of unbranched alkanes of at least 4 members (excludes halogenated alkanes) is 1. The Morgan fingerprint density at radius 3 is 2.21 bits per heavy atom. The first-order valence-electron chi connectivity index (χ1n) is 11.6. The zero-order valence-electron chi connectivity index (χ0n) is 17.6. The van der Waals surface area contributed by atoms with Crippen molar-refractivity contribution < 1.29 is 8.78 Å². The van der Waals surface area contributed by atoms with Crippen molar-refractivity contribution in [3.8, 4) is 6.07 Å². The summed E-state index contributed by atoms with van der Waals surface area (Å²) in [7, 11) is 0. The van der Waals surface area contributed by atoms with Gasteiger partial charge in [0.1, 0.15) is 11.9 Å². The van der Waals surface area contributed by atoms with Gasteiger partial charge in [0.15, 0.2) is 0 Å². The zero-order chi connectivity index (χ0) is 20.5. The highest BCUT2D eigenvalue weighted by molar-refractivity contribution is 5.34. The van der Waals surface area contributed by atoms with Crippen molar-refractivity contribution in [1.29, 1.82) is 5.26 Å². The molecule has 29 heavy (non-hydrogen) atoms. The molecule has 0 heterocycles. The Bertz CT molecular complexity index is 689. The molecule has 1 aromatic carbocycles. The van der Waals surface area contributed by atoms with Gasteiger partial charge >= 0.3 is 0 Å². The van der Waals surface area contributed by atoms with Gasteiger partial charge in [-0.15, -0.1) is 0 Å². The Balaban J connectivity index is 1.34. The predicted octanol–water partition coefficient (Wildman–Crippen LogP) is 7.86. The molecule has 0 N–H and O–H groups in total. The minimum Gasteiger partial charge on any atom is -0.251 e. The van der Waals surface area contributed by atoms with E-state index in [1.807, 2.05) is 12.1 Å². The van der Waals surface area contributed by atoms with Crippen molar-refractivity contribution in [2.24, 2.45) is 17.8 Å². The summed E-state index contributed by atoms with van der Waals surface area (Å²) in [5.41, 5.74) is 1.21. The highest BCUT2D eigenvalue weighted by Crippen LogP contribution is 2.40. The summed E-state index contributed by atoms with van der Waals surface area (Å²) in [6, 6.07) is 7.05. The molecule has 1 nitrogen and oxygen atoms in total. The Kier molecular flexibility index (Phi) is 8.71. The minimum atomic E-state index is -0.375. The lowest BCUT2D eigenvalue weighted by molar-refractivity contribution is 0.246. The molecule has 0 aromatic heterocycles. The third kappa shape index (κ3) is 6.66. The van der Waals surface area contributed by atoms with E-state index in [2.05, 4.69) is 12.2 Å². The van der Waals surface area contributed by atoms with E-state index in [9.17, 15) is 8.78 Å². The Morgan fingerprint density at radius 1 is 0.966 bits per heavy atom. The van der Waals surface area contributed by atoms with E-state index in [0.29, 0.717) is 18.3 Å². The largest absolute Gasteiger partial charge is 0.251 e. The van der Waals surface area contributed by atoms with Gasteiger partial charge in [-0.1, -0.05) is 31.1 Å². The lowest BCUT2D eigenvalue weighted by Gasteiger charge is -2.31. The van der Waals surface area contributed by atoms with Crippen LogP contribution in [-0.4, -0.2) is 6.67 Å². The van der Waals surface area contributed by atoms with Crippen molar-refractivity contribution in [3.63, 3.8) is 0 Å². The molecule has 2 aliphatic rings. The molecular formula is C26H35F2N. The van der Waals surface area contributed by atoms with Crippen LogP contribution in [-0.2, 0) is 0 Å². The summed E-state index contributed by atoms with van der Waals surface area (Å²) in [4.78, 5) is 0. The van der Waals surface area contributed by atoms with Crippen molar-refractivity contribution in [2.45, 2.75) is 83.0 Å². The number of rotatable bonds is 8. The van der Waals surface area contributed by atoms with E-state index in [4.69, 9.17) is 5.26 Å². The molecular weight excluding hydrogens is 364 g/mol. The molecule has 0 spiro atoms. The third-order valence-electron chi connectivity index (χ3n) is 7.22. The van der Waals surface area contributed by atoms with Crippen LogP contribution in [0.15, 0.2) is 30.4 Å². The van der Waals surface area contributed by atoms with Gasteiger partial charge in [0.25, 0.3) is 0 Å². The minimum absolute atomic E-state index is 0.146. The molecule has 1 aromatic rings. The summed E-state index contributed by atoms with van der Waals surface area (Å²) in [6.45, 7) is -0.205. The zero-order valence-corrected chi connectivity index (χ0v) is 17.6. The van der Waals surface area contributed by atoms with E-state index < -0.39 is 0 Å². The maximum atomic E-state index is 13.9. The molecule has 2 fully saturated rings. The molecule has 2 aliphatic carbocycles. The molecule has 0 aliphatic heterocycles. The van der Waals surface area contributed by atoms with Crippen LogP contribution in [0, 0.1) is 34.9 Å². The smallest absolute Gasteiger partial charge is 0.141 e. The van der Waals surface area contributed by atoms with Gasteiger partial charge in [0.2, 0.25) is 0 Å². The molecule has 0 saturated heterocycles. The number of hydrogen-bond acceptors (Lipinski definition) is 1. The second-order valence-electron chi connectivity index (χ2n) is 9.19. The molecule has 3 rings (SSSR count). The lowest BCUT2D eigenvalue weighted by Crippen LogP contribution is -2.17. The van der Waals surface area contributed by atoms with E-state index in [0.717, 1.165) is 36.7 Å². The normalized spacial score (nSPS) is 27.8. The Labute approximate surface area is 175 Å². The van der Waals surface area contributed by atoms with Gasteiger partial charge < -0.3 is 0 Å². The third-order valence-corrected chi connectivity index (χ3v) is 7.22. The average molecular weight is 400 g/mol. The number of allylic oxidation sites excluding steroid dienone is 2. The number of halogens is 2. The average Bonchev–Trinajstić information content (AvgIpc) is 2.76. The SMILES string of the molecule is N#Cc1ccc(C2CCC(CC[C@H]3CC[C@H](/C=C/CCCF)CC3)CC2)cc1F. The summed E-state index contributed by atoms with van der Waals surface area (Å²) >= 11 is 0. The lowest BCUT2D eigenvalue weighted by atomic mass is 9.74. The van der Waals surface area contributed by atoms with Crippen LogP contribution in [0.5, 0.6) is 0 Å². The fourth-order valence-corrected chi connectivity index (χ4v) is 5.28. The van der Waals surface area contributed by atoms with E-state index >= 15 is 0 Å². The van der Waals surface area contributed by atoms with Crippen LogP contribution < -0.4 is 0 Å². The van der Waals surface area contributed by atoms with Gasteiger partial charge in [-0.3, -0.25) is 4.39 Å². The van der Waals surface area contributed by atoms with Gasteiger partial charge in [0, 0.05) is 0 Å². The molecule has 158 valence electrons. The quantitative estimate of drug-likeness (QED) is 0.322. The number of alkyl halides is 1. The van der Waals surface area contributed by atoms with Crippen LogP contribution in [0.1, 0.15) is 94.1 Å². The Morgan fingerprint density at radius 2 is 1.62 bits per heavy atom. The Hall–Kier alpha value is -1.69. The highest BCUT2D eigenvalue weighted by Gasteiger charge is 2.25. The van der Waals surface area contributed by atoms with Crippen LogP contribution in [0.3, 0.4) is 0 Å². The number of nitriles is 1. The molecule has 0 atom stereocenters. The number of hydrogen-bond donors (Lipinski definition) is 0. The van der Waals surface area contributed by atoms with Gasteiger partial charge in [-0.25, -0.2) is 4.39 Å². The topological polar surface area (TPSA) is 23.8 Å². The monoisotopic (exact) mass is 399 g/mol. The summed E-state index contributed by atoms with van der Waals surface area (Å²) < 4.78 is 26.0. The number of nitrogens with zero attached hydrogens (tertiary/aromatic N) is 1. The van der Waals surface area contributed by atoms with Crippen molar-refractivity contribution in [2.75, 3.05) is 6.67 Å². The van der Waals surface area contributed by atoms with Gasteiger partial charge in [0.05, 0.1) is 12.2 Å². The van der Waals surface area contributed by atoms with Crippen LogP contribution >= 0.6 is 0 Å². The maximum Gasteiger partial charge on any atom is 0.141 e.